The van der Waals surface area contributed by atoms with Crippen molar-refractivity contribution in [3.63, 3.8) is 0 Å². The van der Waals surface area contributed by atoms with E-state index in [4.69, 9.17) is 27.9 Å². The predicted octanol–water partition coefficient (Wildman–Crippen LogP) is 4.49. The van der Waals surface area contributed by atoms with E-state index in [2.05, 4.69) is 22.2 Å². The fourth-order valence-electron chi connectivity index (χ4n) is 1.84. The van der Waals surface area contributed by atoms with Crippen LogP contribution in [0.4, 0.5) is 11.5 Å². The van der Waals surface area contributed by atoms with E-state index in [0.29, 0.717) is 21.7 Å². The number of methoxy groups -OCH3 is 1. The lowest BCUT2D eigenvalue weighted by atomic mass is 10.2. The number of nitrogens with one attached hydrogen (secondary N) is 1. The number of nitrogens with zero attached hydrogens (tertiary/aromatic N) is 2. The molecule has 0 spiro atoms. The Bertz CT molecular complexity index is 605. The van der Waals surface area contributed by atoms with Gasteiger partial charge in [0.2, 0.25) is 0 Å². The summed E-state index contributed by atoms with van der Waals surface area (Å²) >= 11 is 12.1. The maximum Gasteiger partial charge on any atom is 0.139 e. The number of rotatable bonds is 5. The third-order valence-electron chi connectivity index (χ3n) is 2.81. The number of ether oxygens (including phenoxy) is 1. The SMILES string of the molecule is CCCc1c(Cl)ncnc1Nc1ccc(Cl)c(OC)c1. The van der Waals surface area contributed by atoms with Crippen LogP contribution in [0.25, 0.3) is 0 Å². The molecule has 4 nitrogen and oxygen atoms in total. The van der Waals surface area contributed by atoms with Crippen molar-refractivity contribution in [2.24, 2.45) is 0 Å². The molecule has 0 saturated carbocycles. The van der Waals surface area contributed by atoms with Crippen molar-refractivity contribution in [1.29, 1.82) is 0 Å². The van der Waals surface area contributed by atoms with Crippen LogP contribution in [0.2, 0.25) is 10.2 Å². The van der Waals surface area contributed by atoms with Crippen LogP contribution in [0, 0.1) is 0 Å². The lowest BCUT2D eigenvalue weighted by molar-refractivity contribution is 0.415. The van der Waals surface area contributed by atoms with Crippen molar-refractivity contribution in [2.45, 2.75) is 19.8 Å². The van der Waals surface area contributed by atoms with Gasteiger partial charge in [0.25, 0.3) is 0 Å². The average Bonchev–Trinajstić information content (AvgIpc) is 2.44. The van der Waals surface area contributed by atoms with Gasteiger partial charge in [-0.25, -0.2) is 9.97 Å². The van der Waals surface area contributed by atoms with Crippen molar-refractivity contribution in [1.82, 2.24) is 9.97 Å². The van der Waals surface area contributed by atoms with Gasteiger partial charge in [0.15, 0.2) is 0 Å². The molecule has 2 aromatic rings. The van der Waals surface area contributed by atoms with Crippen molar-refractivity contribution in [2.75, 3.05) is 12.4 Å². The monoisotopic (exact) mass is 311 g/mol. The summed E-state index contributed by atoms with van der Waals surface area (Å²) in [5.74, 6) is 1.31. The van der Waals surface area contributed by atoms with Crippen LogP contribution in [0.15, 0.2) is 24.5 Å². The molecule has 0 amide bonds. The molecule has 0 radical (unpaired) electrons. The van der Waals surface area contributed by atoms with E-state index in [1.807, 2.05) is 12.1 Å². The Labute approximate surface area is 128 Å². The number of hydrogen-bond donors (Lipinski definition) is 1. The van der Waals surface area contributed by atoms with Crippen LogP contribution in [-0.2, 0) is 6.42 Å². The summed E-state index contributed by atoms with van der Waals surface area (Å²) in [5.41, 5.74) is 1.74. The maximum atomic E-state index is 6.12. The molecule has 0 aliphatic carbocycles. The molecule has 1 N–H and O–H groups in total. The van der Waals surface area contributed by atoms with Gasteiger partial charge in [-0.2, -0.15) is 0 Å². The molecule has 0 atom stereocenters. The minimum absolute atomic E-state index is 0.477. The standard InChI is InChI=1S/C14H15Cl2N3O/c1-3-4-10-13(16)17-8-18-14(10)19-9-5-6-11(15)12(7-9)20-2/h5-8H,3-4H2,1-2H3,(H,17,18,19). The number of halogens is 2. The second-order valence-electron chi connectivity index (χ2n) is 4.22. The molecule has 0 unspecified atom stereocenters. The second-order valence-corrected chi connectivity index (χ2v) is 4.98. The topological polar surface area (TPSA) is 47.0 Å². The minimum atomic E-state index is 0.477. The van der Waals surface area contributed by atoms with Gasteiger partial charge < -0.3 is 10.1 Å². The van der Waals surface area contributed by atoms with Gasteiger partial charge in [0, 0.05) is 17.3 Å². The zero-order valence-electron chi connectivity index (χ0n) is 11.3. The molecule has 1 aromatic heterocycles. The van der Waals surface area contributed by atoms with Crippen molar-refractivity contribution in [3.8, 4) is 5.75 Å². The van der Waals surface area contributed by atoms with Crippen molar-refractivity contribution < 1.29 is 4.74 Å². The maximum absolute atomic E-state index is 6.12. The lowest BCUT2D eigenvalue weighted by Gasteiger charge is -2.12. The van der Waals surface area contributed by atoms with Crippen LogP contribution < -0.4 is 10.1 Å². The minimum Gasteiger partial charge on any atom is -0.495 e. The largest absolute Gasteiger partial charge is 0.495 e. The predicted molar refractivity (Wildman–Crippen MR) is 82.3 cm³/mol. The van der Waals surface area contributed by atoms with Gasteiger partial charge >= 0.3 is 0 Å². The highest BCUT2D eigenvalue weighted by atomic mass is 35.5. The second kappa shape index (κ2) is 6.77. The number of aromatic nitrogens is 2. The zero-order chi connectivity index (χ0) is 14.5. The highest BCUT2D eigenvalue weighted by Crippen LogP contribution is 2.30. The zero-order valence-corrected chi connectivity index (χ0v) is 12.8. The summed E-state index contributed by atoms with van der Waals surface area (Å²) in [6, 6.07) is 5.44. The molecule has 2 rings (SSSR count). The summed E-state index contributed by atoms with van der Waals surface area (Å²) < 4.78 is 5.19. The highest BCUT2D eigenvalue weighted by Gasteiger charge is 2.10. The Morgan fingerprint density at radius 1 is 1.25 bits per heavy atom. The van der Waals surface area contributed by atoms with Crippen LogP contribution in [0.5, 0.6) is 5.75 Å². The molecule has 0 saturated heterocycles. The third-order valence-corrected chi connectivity index (χ3v) is 3.44. The lowest BCUT2D eigenvalue weighted by Crippen LogP contribution is -2.01. The molecular formula is C14H15Cl2N3O. The molecule has 0 aliphatic heterocycles. The molecule has 6 heteroatoms. The van der Waals surface area contributed by atoms with E-state index in [0.717, 1.165) is 24.1 Å². The average molecular weight is 312 g/mol. The summed E-state index contributed by atoms with van der Waals surface area (Å²) in [6.45, 7) is 2.08. The van der Waals surface area contributed by atoms with E-state index >= 15 is 0 Å². The van der Waals surface area contributed by atoms with E-state index < -0.39 is 0 Å². The van der Waals surface area contributed by atoms with E-state index in [9.17, 15) is 0 Å². The van der Waals surface area contributed by atoms with E-state index in [1.54, 1.807) is 13.2 Å². The first-order chi connectivity index (χ1) is 9.65. The Hall–Kier alpha value is -1.52. The van der Waals surface area contributed by atoms with Gasteiger partial charge in [-0.1, -0.05) is 36.5 Å². The number of benzene rings is 1. The normalized spacial score (nSPS) is 10.4. The number of anilines is 2. The van der Waals surface area contributed by atoms with E-state index in [-0.39, 0.29) is 0 Å². The Morgan fingerprint density at radius 3 is 2.75 bits per heavy atom. The fourth-order valence-corrected chi connectivity index (χ4v) is 2.27. The first kappa shape index (κ1) is 14.9. The molecule has 106 valence electrons. The molecule has 0 bridgehead atoms. The van der Waals surface area contributed by atoms with E-state index in [1.165, 1.54) is 6.33 Å². The van der Waals surface area contributed by atoms with Gasteiger partial charge in [-0.05, 0) is 18.6 Å². The summed E-state index contributed by atoms with van der Waals surface area (Å²) in [5, 5.41) is 4.27. The molecule has 1 heterocycles. The van der Waals surface area contributed by atoms with Crippen molar-refractivity contribution >= 4 is 34.7 Å². The van der Waals surface area contributed by atoms with Crippen LogP contribution >= 0.6 is 23.2 Å². The Balaban J connectivity index is 2.32. The quantitative estimate of drug-likeness (QED) is 0.826. The van der Waals surface area contributed by atoms with Crippen LogP contribution in [0.1, 0.15) is 18.9 Å². The third kappa shape index (κ3) is 3.32. The molecule has 1 aromatic carbocycles. The first-order valence-electron chi connectivity index (χ1n) is 6.25. The van der Waals surface area contributed by atoms with Crippen molar-refractivity contribution in [3.05, 3.63) is 40.3 Å². The molecule has 0 aliphatic rings. The fraction of sp³-hybridized carbons (Fsp3) is 0.286. The van der Waals surface area contributed by atoms with Gasteiger partial charge in [0.05, 0.1) is 12.1 Å². The number of hydrogen-bond acceptors (Lipinski definition) is 4. The highest BCUT2D eigenvalue weighted by molar-refractivity contribution is 6.32. The van der Waals surface area contributed by atoms with Gasteiger partial charge in [-0.15, -0.1) is 0 Å². The molecule has 20 heavy (non-hydrogen) atoms. The summed E-state index contributed by atoms with van der Waals surface area (Å²) in [4.78, 5) is 8.27. The Morgan fingerprint density at radius 2 is 2.05 bits per heavy atom. The van der Waals surface area contributed by atoms with Gasteiger partial charge in [0.1, 0.15) is 23.0 Å². The van der Waals surface area contributed by atoms with Crippen LogP contribution in [0.3, 0.4) is 0 Å². The molecule has 0 fully saturated rings. The molecular weight excluding hydrogens is 297 g/mol. The Kier molecular flexibility index (Phi) is 5.04. The smallest absolute Gasteiger partial charge is 0.139 e. The van der Waals surface area contributed by atoms with Gasteiger partial charge in [-0.3, -0.25) is 0 Å². The first-order valence-corrected chi connectivity index (χ1v) is 7.01. The summed E-state index contributed by atoms with van der Waals surface area (Å²) in [6.07, 6.45) is 3.22. The van der Waals surface area contributed by atoms with Crippen LogP contribution in [-0.4, -0.2) is 17.1 Å². The summed E-state index contributed by atoms with van der Waals surface area (Å²) in [7, 11) is 1.58.